The number of carbonyl (C=O) groups is 1. The maximum absolute atomic E-state index is 11.0. The molecule has 1 saturated carbocycles. The second-order valence-electron chi connectivity index (χ2n) is 4.71. The molecule has 0 amide bonds. The monoisotopic (exact) mass is 240 g/mol. The molecule has 0 aromatic heterocycles. The van der Waals surface area contributed by atoms with Crippen molar-refractivity contribution in [2.24, 2.45) is 0 Å². The second-order valence-corrected chi connectivity index (χ2v) is 4.71. The van der Waals surface area contributed by atoms with Crippen LogP contribution in [-0.2, 0) is 19.0 Å². The Labute approximate surface area is 102 Å². The zero-order valence-corrected chi connectivity index (χ0v) is 10.2. The van der Waals surface area contributed by atoms with E-state index in [0.29, 0.717) is 6.61 Å². The number of ether oxygens (including phenoxy) is 3. The molecule has 17 heavy (non-hydrogen) atoms. The number of hydrogen-bond donors (Lipinski definition) is 0. The molecule has 1 spiro atoms. The van der Waals surface area contributed by atoms with Crippen LogP contribution in [0.25, 0.3) is 0 Å². The van der Waals surface area contributed by atoms with Crippen molar-refractivity contribution in [3.05, 3.63) is 12.7 Å². The smallest absolute Gasteiger partial charge is 0.330 e. The van der Waals surface area contributed by atoms with Gasteiger partial charge in [0.15, 0.2) is 5.79 Å². The highest BCUT2D eigenvalue weighted by Gasteiger charge is 2.41. The van der Waals surface area contributed by atoms with Gasteiger partial charge < -0.3 is 14.2 Å². The molecule has 0 radical (unpaired) electrons. The predicted octanol–water partition coefficient (Wildman–Crippen LogP) is 2.18. The van der Waals surface area contributed by atoms with Gasteiger partial charge in [-0.2, -0.15) is 0 Å². The predicted molar refractivity (Wildman–Crippen MR) is 62.4 cm³/mol. The molecule has 0 aromatic carbocycles. The maximum atomic E-state index is 11.0. The van der Waals surface area contributed by atoms with E-state index in [-0.39, 0.29) is 12.7 Å². The van der Waals surface area contributed by atoms with Crippen molar-refractivity contribution < 1.29 is 19.0 Å². The highest BCUT2D eigenvalue weighted by atomic mass is 16.8. The van der Waals surface area contributed by atoms with E-state index in [0.717, 1.165) is 31.8 Å². The van der Waals surface area contributed by atoms with E-state index in [1.165, 1.54) is 12.8 Å². The van der Waals surface area contributed by atoms with Gasteiger partial charge in [-0.25, -0.2) is 4.79 Å². The van der Waals surface area contributed by atoms with Crippen LogP contribution >= 0.6 is 0 Å². The zero-order chi connectivity index (χ0) is 12.1. The molecule has 1 aliphatic carbocycles. The van der Waals surface area contributed by atoms with Crippen LogP contribution in [0.15, 0.2) is 12.7 Å². The lowest BCUT2D eigenvalue weighted by Gasteiger charge is -2.26. The number of esters is 1. The van der Waals surface area contributed by atoms with Gasteiger partial charge in [-0.15, -0.1) is 0 Å². The Morgan fingerprint density at radius 3 is 2.71 bits per heavy atom. The molecule has 1 heterocycles. The molecule has 2 rings (SSSR count). The fourth-order valence-electron chi connectivity index (χ4n) is 2.46. The van der Waals surface area contributed by atoms with E-state index in [2.05, 4.69) is 6.58 Å². The second kappa shape index (κ2) is 5.65. The summed E-state index contributed by atoms with van der Waals surface area (Å²) >= 11 is 0. The topological polar surface area (TPSA) is 44.8 Å². The van der Waals surface area contributed by atoms with Gasteiger partial charge in [0, 0.05) is 18.9 Å². The van der Waals surface area contributed by atoms with Gasteiger partial charge in [0.1, 0.15) is 12.7 Å². The summed E-state index contributed by atoms with van der Waals surface area (Å²) in [5.41, 5.74) is 0. The van der Waals surface area contributed by atoms with Gasteiger partial charge in [-0.3, -0.25) is 0 Å². The van der Waals surface area contributed by atoms with Gasteiger partial charge in [0.05, 0.1) is 6.61 Å². The van der Waals surface area contributed by atoms with Crippen LogP contribution in [0.2, 0.25) is 0 Å². The van der Waals surface area contributed by atoms with E-state index in [1.807, 2.05) is 0 Å². The molecular formula is C13H20O4. The third kappa shape index (κ3) is 3.30. The fraction of sp³-hybridized carbons (Fsp3) is 0.769. The number of rotatable bonds is 3. The first-order chi connectivity index (χ1) is 8.24. The van der Waals surface area contributed by atoms with E-state index < -0.39 is 11.8 Å². The summed E-state index contributed by atoms with van der Waals surface area (Å²) in [5.74, 6) is -0.808. The van der Waals surface area contributed by atoms with Crippen molar-refractivity contribution in [3.8, 4) is 0 Å². The van der Waals surface area contributed by atoms with Crippen LogP contribution in [-0.4, -0.2) is 31.1 Å². The van der Waals surface area contributed by atoms with Crippen molar-refractivity contribution in [1.29, 1.82) is 0 Å². The van der Waals surface area contributed by atoms with E-state index in [4.69, 9.17) is 14.2 Å². The Morgan fingerprint density at radius 2 is 2.06 bits per heavy atom. The summed E-state index contributed by atoms with van der Waals surface area (Å²) in [6, 6.07) is 0. The molecule has 96 valence electrons. The molecule has 4 nitrogen and oxygen atoms in total. The first kappa shape index (κ1) is 12.6. The van der Waals surface area contributed by atoms with Crippen LogP contribution in [0.5, 0.6) is 0 Å². The highest BCUT2D eigenvalue weighted by Crippen LogP contribution is 2.36. The molecule has 0 bridgehead atoms. The summed E-state index contributed by atoms with van der Waals surface area (Å²) in [6.45, 7) is 4.13. The van der Waals surface area contributed by atoms with Crippen molar-refractivity contribution in [2.45, 2.75) is 50.4 Å². The summed E-state index contributed by atoms with van der Waals surface area (Å²) in [4.78, 5) is 11.0. The Bertz CT molecular complexity index is 279. The third-order valence-electron chi connectivity index (χ3n) is 3.36. The Kier molecular flexibility index (Phi) is 4.18. The Hall–Kier alpha value is -0.870. The van der Waals surface area contributed by atoms with Crippen LogP contribution < -0.4 is 0 Å². The minimum atomic E-state index is -0.407. The molecule has 0 N–H and O–H groups in total. The SMILES string of the molecule is C=CC(=O)OCC1COC2(CCCCCC2)O1. The van der Waals surface area contributed by atoms with Gasteiger partial charge in [-0.05, 0) is 12.8 Å². The third-order valence-corrected chi connectivity index (χ3v) is 3.36. The van der Waals surface area contributed by atoms with Crippen molar-refractivity contribution in [1.82, 2.24) is 0 Å². The standard InChI is InChI=1S/C13H20O4/c1-2-12(14)15-9-11-10-16-13(17-11)7-5-3-4-6-8-13/h2,11H,1,3-10H2. The minimum absolute atomic E-state index is 0.128. The lowest BCUT2D eigenvalue weighted by molar-refractivity contribution is -0.182. The van der Waals surface area contributed by atoms with Gasteiger partial charge in [0.25, 0.3) is 0 Å². The summed E-state index contributed by atoms with van der Waals surface area (Å²) in [5, 5.41) is 0. The first-order valence-electron chi connectivity index (χ1n) is 6.35. The molecule has 1 saturated heterocycles. The lowest BCUT2D eigenvalue weighted by atomic mass is 10.1. The zero-order valence-electron chi connectivity index (χ0n) is 10.2. The molecule has 1 unspecified atom stereocenters. The minimum Gasteiger partial charge on any atom is -0.460 e. The normalized spacial score (nSPS) is 27.6. The molecule has 1 aliphatic heterocycles. The first-order valence-corrected chi connectivity index (χ1v) is 6.35. The average Bonchev–Trinajstić information content (AvgIpc) is 2.59. The van der Waals surface area contributed by atoms with E-state index >= 15 is 0 Å². The molecule has 1 atom stereocenters. The molecule has 2 aliphatic rings. The Balaban J connectivity index is 1.81. The Morgan fingerprint density at radius 1 is 1.35 bits per heavy atom. The highest BCUT2D eigenvalue weighted by molar-refractivity contribution is 5.81. The fourth-order valence-corrected chi connectivity index (χ4v) is 2.46. The molecule has 4 heteroatoms. The van der Waals surface area contributed by atoms with Gasteiger partial charge in [-0.1, -0.05) is 19.4 Å². The van der Waals surface area contributed by atoms with Gasteiger partial charge in [0.2, 0.25) is 0 Å². The summed E-state index contributed by atoms with van der Waals surface area (Å²) < 4.78 is 16.7. The molecule has 2 fully saturated rings. The largest absolute Gasteiger partial charge is 0.460 e. The maximum Gasteiger partial charge on any atom is 0.330 e. The van der Waals surface area contributed by atoms with Crippen molar-refractivity contribution in [3.63, 3.8) is 0 Å². The van der Waals surface area contributed by atoms with Crippen molar-refractivity contribution >= 4 is 5.97 Å². The summed E-state index contributed by atoms with van der Waals surface area (Å²) in [7, 11) is 0. The molecule has 0 aromatic rings. The van der Waals surface area contributed by atoms with Crippen LogP contribution in [0.4, 0.5) is 0 Å². The number of hydrogen-bond acceptors (Lipinski definition) is 4. The lowest BCUT2D eigenvalue weighted by Crippen LogP contribution is -2.31. The van der Waals surface area contributed by atoms with Crippen LogP contribution in [0, 0.1) is 0 Å². The molecular weight excluding hydrogens is 220 g/mol. The van der Waals surface area contributed by atoms with E-state index in [1.54, 1.807) is 0 Å². The quantitative estimate of drug-likeness (QED) is 0.560. The van der Waals surface area contributed by atoms with Crippen molar-refractivity contribution in [2.75, 3.05) is 13.2 Å². The average molecular weight is 240 g/mol. The van der Waals surface area contributed by atoms with Crippen LogP contribution in [0.1, 0.15) is 38.5 Å². The van der Waals surface area contributed by atoms with Crippen LogP contribution in [0.3, 0.4) is 0 Å². The van der Waals surface area contributed by atoms with Gasteiger partial charge >= 0.3 is 5.97 Å². The van der Waals surface area contributed by atoms with E-state index in [9.17, 15) is 4.79 Å². The summed E-state index contributed by atoms with van der Waals surface area (Å²) in [6.07, 6.45) is 7.76. The number of carbonyl (C=O) groups excluding carboxylic acids is 1.